The van der Waals surface area contributed by atoms with Crippen molar-refractivity contribution in [2.24, 2.45) is 5.14 Å². The van der Waals surface area contributed by atoms with Gasteiger partial charge in [-0.25, -0.2) is 5.14 Å². The minimum atomic E-state index is -3.66. The fourth-order valence-electron chi connectivity index (χ4n) is 2.21. The van der Waals surface area contributed by atoms with Crippen molar-refractivity contribution in [3.05, 3.63) is 41.5 Å². The SMILES string of the molecule is Cc1cccc(/C=C/C(=O)N2CCN(S(N)(=O)=O)CC2)c1. The number of carbonyl (C=O) groups is 1. The van der Waals surface area contributed by atoms with Crippen LogP contribution in [0.5, 0.6) is 0 Å². The molecule has 21 heavy (non-hydrogen) atoms. The van der Waals surface area contributed by atoms with Crippen molar-refractivity contribution in [3.8, 4) is 0 Å². The van der Waals surface area contributed by atoms with E-state index in [0.717, 1.165) is 11.1 Å². The molecule has 0 aromatic heterocycles. The summed E-state index contributed by atoms with van der Waals surface area (Å²) in [5.74, 6) is -0.120. The van der Waals surface area contributed by atoms with Gasteiger partial charge in [0, 0.05) is 32.3 Å². The molecule has 1 saturated heterocycles. The molecule has 6 nitrogen and oxygen atoms in total. The lowest BCUT2D eigenvalue weighted by atomic mass is 10.1. The average molecular weight is 309 g/mol. The molecule has 2 N–H and O–H groups in total. The molecule has 7 heteroatoms. The van der Waals surface area contributed by atoms with Gasteiger partial charge in [-0.3, -0.25) is 4.79 Å². The van der Waals surface area contributed by atoms with Gasteiger partial charge in [0.15, 0.2) is 0 Å². The van der Waals surface area contributed by atoms with Crippen molar-refractivity contribution in [2.75, 3.05) is 26.2 Å². The van der Waals surface area contributed by atoms with Crippen LogP contribution in [0.1, 0.15) is 11.1 Å². The van der Waals surface area contributed by atoms with Crippen LogP contribution in [0.25, 0.3) is 6.08 Å². The molecule has 0 spiro atoms. The fourth-order valence-corrected chi connectivity index (χ4v) is 2.88. The number of piperazine rings is 1. The van der Waals surface area contributed by atoms with Crippen molar-refractivity contribution >= 4 is 22.2 Å². The summed E-state index contributed by atoms with van der Waals surface area (Å²) in [4.78, 5) is 13.7. The van der Waals surface area contributed by atoms with Gasteiger partial charge in [-0.2, -0.15) is 12.7 Å². The van der Waals surface area contributed by atoms with Gasteiger partial charge in [0.05, 0.1) is 0 Å². The van der Waals surface area contributed by atoms with E-state index in [0.29, 0.717) is 13.1 Å². The van der Waals surface area contributed by atoms with E-state index < -0.39 is 10.2 Å². The van der Waals surface area contributed by atoms with Gasteiger partial charge in [-0.15, -0.1) is 0 Å². The maximum atomic E-state index is 12.1. The van der Waals surface area contributed by atoms with E-state index in [2.05, 4.69) is 0 Å². The maximum absolute atomic E-state index is 12.1. The van der Waals surface area contributed by atoms with Gasteiger partial charge in [0.25, 0.3) is 10.2 Å². The van der Waals surface area contributed by atoms with E-state index in [9.17, 15) is 13.2 Å². The molecular formula is C14H19N3O3S. The predicted octanol–water partition coefficient (Wildman–Crippen LogP) is 0.356. The molecule has 0 bridgehead atoms. The van der Waals surface area contributed by atoms with Crippen LogP contribution in [0.15, 0.2) is 30.3 Å². The molecule has 0 saturated carbocycles. The van der Waals surface area contributed by atoms with Gasteiger partial charge < -0.3 is 4.90 Å². The Bertz CT molecular complexity index is 647. The van der Waals surface area contributed by atoms with Gasteiger partial charge in [0.2, 0.25) is 5.91 Å². The summed E-state index contributed by atoms with van der Waals surface area (Å²) < 4.78 is 23.6. The zero-order valence-electron chi connectivity index (χ0n) is 11.9. The predicted molar refractivity (Wildman–Crippen MR) is 81.5 cm³/mol. The minimum absolute atomic E-state index is 0.120. The standard InChI is InChI=1S/C14H19N3O3S/c1-12-3-2-4-13(11-12)5-6-14(18)16-7-9-17(10-8-16)21(15,19)20/h2-6,11H,7-10H2,1H3,(H2,15,19,20)/b6-5+. The smallest absolute Gasteiger partial charge is 0.277 e. The summed E-state index contributed by atoms with van der Waals surface area (Å²) in [6.45, 7) is 3.18. The molecule has 0 radical (unpaired) electrons. The molecule has 0 unspecified atom stereocenters. The van der Waals surface area contributed by atoms with Gasteiger partial charge in [-0.05, 0) is 18.6 Å². The Morgan fingerprint density at radius 2 is 1.90 bits per heavy atom. The Morgan fingerprint density at radius 3 is 2.48 bits per heavy atom. The van der Waals surface area contributed by atoms with E-state index in [1.807, 2.05) is 31.2 Å². The third kappa shape index (κ3) is 4.38. The van der Waals surface area contributed by atoms with Crippen LogP contribution in [0.3, 0.4) is 0 Å². The highest BCUT2D eigenvalue weighted by Gasteiger charge is 2.25. The lowest BCUT2D eigenvalue weighted by Gasteiger charge is -2.32. The van der Waals surface area contributed by atoms with E-state index >= 15 is 0 Å². The molecule has 1 aliphatic rings. The molecule has 114 valence electrons. The summed E-state index contributed by atoms with van der Waals surface area (Å²) in [6.07, 6.45) is 3.28. The Kier molecular flexibility index (Phi) is 4.76. The number of nitrogens with zero attached hydrogens (tertiary/aromatic N) is 2. The topological polar surface area (TPSA) is 83.7 Å². The lowest BCUT2D eigenvalue weighted by molar-refractivity contribution is -0.127. The van der Waals surface area contributed by atoms with Gasteiger partial charge in [-0.1, -0.05) is 29.8 Å². The number of rotatable bonds is 3. The zero-order chi connectivity index (χ0) is 15.5. The molecular weight excluding hydrogens is 290 g/mol. The first-order valence-corrected chi connectivity index (χ1v) is 8.18. The Hall–Kier alpha value is -1.70. The van der Waals surface area contributed by atoms with Gasteiger partial charge >= 0.3 is 0 Å². The molecule has 1 aromatic carbocycles. The Morgan fingerprint density at radius 1 is 1.24 bits per heavy atom. The summed E-state index contributed by atoms with van der Waals surface area (Å²) in [7, 11) is -3.66. The van der Waals surface area contributed by atoms with E-state index in [1.54, 1.807) is 11.0 Å². The summed E-state index contributed by atoms with van der Waals surface area (Å²) in [5, 5.41) is 5.06. The van der Waals surface area contributed by atoms with E-state index in [1.165, 1.54) is 10.4 Å². The number of benzene rings is 1. The number of hydrogen-bond acceptors (Lipinski definition) is 3. The molecule has 0 aliphatic carbocycles. The normalized spacial score (nSPS) is 17.3. The molecule has 0 atom stereocenters. The fraction of sp³-hybridized carbons (Fsp3) is 0.357. The first-order chi connectivity index (χ1) is 9.86. The number of nitrogens with two attached hydrogens (primary N) is 1. The highest BCUT2D eigenvalue weighted by molar-refractivity contribution is 7.86. The number of carbonyl (C=O) groups excluding carboxylic acids is 1. The quantitative estimate of drug-likeness (QED) is 0.818. The molecule has 1 amide bonds. The van der Waals surface area contributed by atoms with Crippen LogP contribution >= 0.6 is 0 Å². The van der Waals surface area contributed by atoms with Crippen LogP contribution in [0, 0.1) is 6.92 Å². The molecule has 1 fully saturated rings. The van der Waals surface area contributed by atoms with Crippen molar-refractivity contribution in [3.63, 3.8) is 0 Å². The van der Waals surface area contributed by atoms with Crippen molar-refractivity contribution < 1.29 is 13.2 Å². The lowest BCUT2D eigenvalue weighted by Crippen LogP contribution is -2.51. The third-order valence-corrected chi connectivity index (χ3v) is 4.46. The van der Waals surface area contributed by atoms with Crippen LogP contribution in [0.2, 0.25) is 0 Å². The molecule has 1 heterocycles. The van der Waals surface area contributed by atoms with Crippen molar-refractivity contribution in [1.82, 2.24) is 9.21 Å². The van der Waals surface area contributed by atoms with Gasteiger partial charge in [0.1, 0.15) is 0 Å². The second-order valence-electron chi connectivity index (χ2n) is 5.02. The van der Waals surface area contributed by atoms with Crippen LogP contribution in [-0.2, 0) is 15.0 Å². The first-order valence-electron chi connectivity index (χ1n) is 6.68. The van der Waals surface area contributed by atoms with Crippen LogP contribution in [0.4, 0.5) is 0 Å². The maximum Gasteiger partial charge on any atom is 0.277 e. The van der Waals surface area contributed by atoms with Crippen LogP contribution < -0.4 is 5.14 Å². The van der Waals surface area contributed by atoms with Crippen molar-refractivity contribution in [2.45, 2.75) is 6.92 Å². The Balaban J connectivity index is 1.93. The first kappa shape index (κ1) is 15.7. The number of amides is 1. The minimum Gasteiger partial charge on any atom is -0.337 e. The second-order valence-corrected chi connectivity index (χ2v) is 6.56. The average Bonchev–Trinajstić information content (AvgIpc) is 2.44. The number of aryl methyl sites for hydroxylation is 1. The Labute approximate surface area is 125 Å². The molecule has 2 rings (SSSR count). The van der Waals surface area contributed by atoms with Crippen LogP contribution in [-0.4, -0.2) is 49.7 Å². The largest absolute Gasteiger partial charge is 0.337 e. The molecule has 1 aliphatic heterocycles. The zero-order valence-corrected chi connectivity index (χ0v) is 12.7. The number of hydrogen-bond donors (Lipinski definition) is 1. The van der Waals surface area contributed by atoms with E-state index in [4.69, 9.17) is 5.14 Å². The summed E-state index contributed by atoms with van der Waals surface area (Å²) in [5.41, 5.74) is 2.10. The summed E-state index contributed by atoms with van der Waals surface area (Å²) >= 11 is 0. The van der Waals surface area contributed by atoms with Crippen molar-refractivity contribution in [1.29, 1.82) is 0 Å². The highest BCUT2D eigenvalue weighted by Crippen LogP contribution is 2.08. The highest BCUT2D eigenvalue weighted by atomic mass is 32.2. The molecule has 1 aromatic rings. The van der Waals surface area contributed by atoms with E-state index in [-0.39, 0.29) is 19.0 Å². The third-order valence-electron chi connectivity index (χ3n) is 3.37. The second kappa shape index (κ2) is 6.38. The summed E-state index contributed by atoms with van der Waals surface area (Å²) in [6, 6.07) is 7.84. The monoisotopic (exact) mass is 309 g/mol.